The number of nitrogens with zero attached hydrogens (tertiary/aromatic N) is 1. The lowest BCUT2D eigenvalue weighted by Crippen LogP contribution is -2.42. The fourth-order valence-corrected chi connectivity index (χ4v) is 12.5. The van der Waals surface area contributed by atoms with Crippen molar-refractivity contribution in [2.45, 2.75) is 129 Å². The van der Waals surface area contributed by atoms with Crippen LogP contribution in [0.2, 0.25) is 0 Å². The van der Waals surface area contributed by atoms with E-state index in [0.29, 0.717) is 0 Å². The Bertz CT molecular complexity index is 3340. The Morgan fingerprint density at radius 1 is 0.516 bits per heavy atom. The van der Waals surface area contributed by atoms with E-state index in [4.69, 9.17) is 4.42 Å². The molecule has 0 saturated carbocycles. The number of fused-ring (bicyclic) bond motifs is 11. The zero-order valence-corrected chi connectivity index (χ0v) is 39.7. The van der Waals surface area contributed by atoms with E-state index < -0.39 is 0 Å². The predicted molar refractivity (Wildman–Crippen MR) is 274 cm³/mol. The Morgan fingerprint density at radius 2 is 1.11 bits per heavy atom. The molecule has 1 radical (unpaired) electrons. The van der Waals surface area contributed by atoms with Crippen LogP contribution in [0.15, 0.2) is 114 Å². The molecule has 0 unspecified atom stereocenters. The molecule has 0 bridgehead atoms. The number of para-hydroxylation sites is 2. The van der Waals surface area contributed by atoms with E-state index in [9.17, 15) is 0 Å². The van der Waals surface area contributed by atoms with Crippen molar-refractivity contribution in [2.24, 2.45) is 0 Å². The molecule has 4 aliphatic rings. The lowest BCUT2D eigenvalue weighted by Gasteiger charge is -2.44. The van der Waals surface area contributed by atoms with Crippen LogP contribution in [0.3, 0.4) is 0 Å². The summed E-state index contributed by atoms with van der Waals surface area (Å²) in [6.45, 7) is 26.5. The van der Waals surface area contributed by atoms with E-state index >= 15 is 0 Å². The van der Waals surface area contributed by atoms with Crippen molar-refractivity contribution in [3.05, 3.63) is 148 Å². The molecule has 1 aromatic heterocycles. The van der Waals surface area contributed by atoms with Gasteiger partial charge in [0.15, 0.2) is 7.28 Å². The van der Waals surface area contributed by atoms with Gasteiger partial charge in [0.05, 0.1) is 5.69 Å². The molecular weight excluding hydrogens is 775 g/mol. The minimum Gasteiger partial charge on any atom is -0.456 e. The third-order valence-corrected chi connectivity index (χ3v) is 16.7. The highest BCUT2D eigenvalue weighted by Crippen LogP contribution is 2.54. The number of hydrogen-bond donors (Lipinski definition) is 1. The highest BCUT2D eigenvalue weighted by atomic mass is 16.3. The summed E-state index contributed by atoms with van der Waals surface area (Å²) in [5.74, 6) is 0. The minimum absolute atomic E-state index is 0.0487. The SMILES string of the molecule is Cc1cc2c(cc1N1c3cc4c(cc3[B]c3c(-c5cccc6c5Nc5ccccc5C6(C)C)cc5ccccc5c31)oc1cc3c(cc14)C(C)(C)CCC3(C)C)C(C)(C)CCC2(C)C. The largest absolute Gasteiger partial charge is 0.456 e. The molecule has 12 rings (SSSR count). The van der Waals surface area contributed by atoms with Gasteiger partial charge in [-0.3, -0.25) is 0 Å². The van der Waals surface area contributed by atoms with Crippen molar-refractivity contribution in [1.29, 1.82) is 0 Å². The minimum atomic E-state index is -0.177. The van der Waals surface area contributed by atoms with Crippen LogP contribution in [0.1, 0.15) is 134 Å². The quantitative estimate of drug-likeness (QED) is 0.176. The molecule has 4 heteroatoms. The standard InChI is InChI=1S/C60H60BN2O/c1-34-27-43-45(58(6,7)25-23-56(43,2)3)31-49(34)63-50-30-39-38-29-44-46(59(8,9)26-24-57(44,4)5)32-51(38)64-52(39)33-47(50)61-53-40(28-35-17-12-13-18-36(35)55(53)63)37-19-16-21-42-54(37)62-48-22-15-14-20-41(48)60(42,10)11/h12-22,27-33,62H,23-26H2,1-11H3. The molecule has 0 amide bonds. The van der Waals surface area contributed by atoms with E-state index in [2.05, 4.69) is 203 Å². The zero-order chi connectivity index (χ0) is 44.5. The van der Waals surface area contributed by atoms with E-state index in [1.54, 1.807) is 0 Å². The Labute approximate surface area is 380 Å². The van der Waals surface area contributed by atoms with Crippen LogP contribution in [-0.4, -0.2) is 7.28 Å². The van der Waals surface area contributed by atoms with Crippen molar-refractivity contribution < 1.29 is 4.42 Å². The van der Waals surface area contributed by atoms with Gasteiger partial charge in [-0.15, -0.1) is 0 Å². The molecule has 64 heavy (non-hydrogen) atoms. The van der Waals surface area contributed by atoms with Crippen LogP contribution in [-0.2, 0) is 27.1 Å². The molecular formula is C60H60BN2O. The molecule has 3 nitrogen and oxygen atoms in total. The average Bonchev–Trinajstić information content (AvgIpc) is 3.61. The number of rotatable bonds is 2. The smallest absolute Gasteiger partial charge is 0.198 e. The van der Waals surface area contributed by atoms with Crippen molar-refractivity contribution >= 4 is 79.4 Å². The lowest BCUT2D eigenvalue weighted by atomic mass is 9.57. The fourth-order valence-electron chi connectivity index (χ4n) is 12.5. The molecule has 2 aliphatic heterocycles. The van der Waals surface area contributed by atoms with Crippen molar-refractivity contribution in [3.63, 3.8) is 0 Å². The summed E-state index contributed by atoms with van der Waals surface area (Å²) >= 11 is 0. The highest BCUT2D eigenvalue weighted by molar-refractivity contribution is 6.74. The van der Waals surface area contributed by atoms with Gasteiger partial charge in [0.1, 0.15) is 11.2 Å². The Hall–Kier alpha value is -5.74. The topological polar surface area (TPSA) is 28.4 Å². The van der Waals surface area contributed by atoms with Gasteiger partial charge in [-0.25, -0.2) is 0 Å². The van der Waals surface area contributed by atoms with Gasteiger partial charge in [-0.1, -0.05) is 141 Å². The number of furan rings is 1. The predicted octanol–water partition coefficient (Wildman–Crippen LogP) is 15.2. The maximum Gasteiger partial charge on any atom is 0.198 e. The number of benzene rings is 7. The van der Waals surface area contributed by atoms with Crippen molar-refractivity contribution in [2.75, 3.05) is 10.2 Å². The van der Waals surface area contributed by atoms with Gasteiger partial charge in [-0.2, -0.15) is 0 Å². The van der Waals surface area contributed by atoms with E-state index in [1.807, 2.05) is 0 Å². The summed E-state index contributed by atoms with van der Waals surface area (Å²) in [4.78, 5) is 2.65. The summed E-state index contributed by atoms with van der Waals surface area (Å²) in [5.41, 5.74) is 22.7. The number of anilines is 5. The van der Waals surface area contributed by atoms with Crippen LogP contribution in [0.5, 0.6) is 0 Å². The Morgan fingerprint density at radius 3 is 1.84 bits per heavy atom. The fraction of sp³-hybridized carbons (Fsp3) is 0.333. The van der Waals surface area contributed by atoms with E-state index in [-0.39, 0.29) is 27.1 Å². The van der Waals surface area contributed by atoms with Gasteiger partial charge in [0.25, 0.3) is 0 Å². The number of nitrogens with one attached hydrogen (secondary N) is 1. The van der Waals surface area contributed by atoms with Crippen LogP contribution in [0.25, 0.3) is 43.8 Å². The summed E-state index contributed by atoms with van der Waals surface area (Å²) in [7, 11) is 2.47. The lowest BCUT2D eigenvalue weighted by molar-refractivity contribution is 0.332. The Kier molecular flexibility index (Phi) is 8.07. The van der Waals surface area contributed by atoms with Gasteiger partial charge >= 0.3 is 0 Å². The monoisotopic (exact) mass is 835 g/mol. The highest BCUT2D eigenvalue weighted by Gasteiger charge is 2.41. The van der Waals surface area contributed by atoms with Gasteiger partial charge in [0, 0.05) is 49.9 Å². The Balaban J connectivity index is 1.17. The van der Waals surface area contributed by atoms with Gasteiger partial charge in [0.2, 0.25) is 0 Å². The van der Waals surface area contributed by atoms with Gasteiger partial charge in [-0.05, 0) is 152 Å². The first kappa shape index (κ1) is 39.8. The maximum absolute atomic E-state index is 6.99. The van der Waals surface area contributed by atoms with Crippen LogP contribution >= 0.6 is 0 Å². The van der Waals surface area contributed by atoms with Crippen LogP contribution in [0, 0.1) is 6.92 Å². The second-order valence-electron chi connectivity index (χ2n) is 23.0. The summed E-state index contributed by atoms with van der Waals surface area (Å²) in [5, 5.41) is 8.84. The molecule has 0 saturated heterocycles. The van der Waals surface area contributed by atoms with E-state index in [0.717, 1.165) is 17.6 Å². The molecule has 3 heterocycles. The van der Waals surface area contributed by atoms with Crippen LogP contribution < -0.4 is 21.1 Å². The maximum atomic E-state index is 6.99. The molecule has 0 atom stereocenters. The van der Waals surface area contributed by atoms with Crippen molar-refractivity contribution in [1.82, 2.24) is 0 Å². The average molecular weight is 836 g/mol. The molecule has 1 N–H and O–H groups in total. The molecule has 0 spiro atoms. The molecule has 319 valence electrons. The second-order valence-corrected chi connectivity index (χ2v) is 23.0. The number of aryl methyl sites for hydroxylation is 1. The third kappa shape index (κ3) is 5.53. The second kappa shape index (κ2) is 13.0. The van der Waals surface area contributed by atoms with Crippen LogP contribution in [0.4, 0.5) is 28.4 Å². The zero-order valence-electron chi connectivity index (χ0n) is 39.7. The third-order valence-electron chi connectivity index (χ3n) is 16.7. The van der Waals surface area contributed by atoms with Gasteiger partial charge < -0.3 is 14.6 Å². The summed E-state index contributed by atoms with van der Waals surface area (Å²) < 4.78 is 6.99. The molecule has 7 aromatic carbocycles. The number of hydrogen-bond acceptors (Lipinski definition) is 3. The summed E-state index contributed by atoms with van der Waals surface area (Å²) in [6.07, 6.45) is 4.69. The molecule has 8 aromatic rings. The van der Waals surface area contributed by atoms with E-state index in [1.165, 1.54) is 130 Å². The first-order valence-electron chi connectivity index (χ1n) is 23.8. The van der Waals surface area contributed by atoms with Crippen molar-refractivity contribution in [3.8, 4) is 11.1 Å². The molecule has 2 aliphatic carbocycles. The first-order chi connectivity index (χ1) is 30.3. The first-order valence-corrected chi connectivity index (χ1v) is 23.8. The molecule has 0 fully saturated rings. The summed E-state index contributed by atoms with van der Waals surface area (Å²) in [6, 6.07) is 42.0. The normalized spacial score (nSPS) is 19.1.